The molecule has 4 nitrogen and oxygen atoms in total. The Hall–Kier alpha value is -1.19. The van der Waals surface area contributed by atoms with E-state index in [2.05, 4.69) is 5.32 Å². The van der Waals surface area contributed by atoms with Gasteiger partial charge in [-0.1, -0.05) is 0 Å². The van der Waals surface area contributed by atoms with Crippen molar-refractivity contribution in [2.24, 2.45) is 5.73 Å². The lowest BCUT2D eigenvalue weighted by molar-refractivity contribution is -0.116. The Morgan fingerprint density at radius 3 is 3.00 bits per heavy atom. The summed E-state index contributed by atoms with van der Waals surface area (Å²) in [7, 11) is 0. The molecule has 0 unspecified atom stereocenters. The normalized spacial score (nSPS) is 17.5. The van der Waals surface area contributed by atoms with Crippen molar-refractivity contribution in [1.29, 1.82) is 0 Å². The Morgan fingerprint density at radius 2 is 2.75 bits per heavy atom. The van der Waals surface area contributed by atoms with Crippen LogP contribution in [-0.2, 0) is 4.79 Å². The van der Waals surface area contributed by atoms with Crippen LogP contribution in [0.3, 0.4) is 0 Å². The van der Waals surface area contributed by atoms with Gasteiger partial charge in [0.1, 0.15) is 5.82 Å². The van der Waals surface area contributed by atoms with E-state index in [-0.39, 0.29) is 0 Å². The predicted octanol–water partition coefficient (Wildman–Crippen LogP) is -1.24. The SMILES string of the molecule is NC1=CNCN1C=O. The third kappa shape index (κ3) is 0.598. The number of nitrogens with zero attached hydrogens (tertiary/aromatic N) is 1. The minimum Gasteiger partial charge on any atom is -0.384 e. The van der Waals surface area contributed by atoms with Gasteiger partial charge in [-0.3, -0.25) is 9.69 Å². The summed E-state index contributed by atoms with van der Waals surface area (Å²) in [5.74, 6) is 0.472. The molecule has 1 aliphatic heterocycles. The molecular weight excluding hydrogens is 106 g/mol. The molecule has 0 aromatic rings. The first-order chi connectivity index (χ1) is 3.84. The van der Waals surface area contributed by atoms with Crippen LogP contribution in [0.15, 0.2) is 12.0 Å². The summed E-state index contributed by atoms with van der Waals surface area (Å²) < 4.78 is 0. The number of carbonyl (C=O) groups excluding carboxylic acids is 1. The van der Waals surface area contributed by atoms with Crippen LogP contribution in [0.1, 0.15) is 0 Å². The molecule has 0 aromatic carbocycles. The van der Waals surface area contributed by atoms with Gasteiger partial charge in [-0.2, -0.15) is 0 Å². The first kappa shape index (κ1) is 4.96. The molecule has 0 radical (unpaired) electrons. The highest BCUT2D eigenvalue weighted by molar-refractivity contribution is 5.51. The van der Waals surface area contributed by atoms with Crippen LogP contribution in [0, 0.1) is 0 Å². The van der Waals surface area contributed by atoms with E-state index in [0.717, 1.165) is 0 Å². The highest BCUT2D eigenvalue weighted by atomic mass is 16.1. The standard InChI is InChI=1S/C4H7N3O/c5-4-1-6-2-7(4)3-8/h1,3,6H,2,5H2. The van der Waals surface area contributed by atoms with E-state index in [1.807, 2.05) is 0 Å². The highest BCUT2D eigenvalue weighted by Gasteiger charge is 2.07. The first-order valence-corrected chi connectivity index (χ1v) is 2.25. The molecule has 1 rings (SSSR count). The first-order valence-electron chi connectivity index (χ1n) is 2.25. The molecule has 0 saturated carbocycles. The fourth-order valence-corrected chi connectivity index (χ4v) is 0.521. The van der Waals surface area contributed by atoms with Gasteiger partial charge in [0.05, 0.1) is 6.67 Å². The van der Waals surface area contributed by atoms with Gasteiger partial charge in [0.15, 0.2) is 0 Å². The molecule has 0 aliphatic carbocycles. The van der Waals surface area contributed by atoms with Gasteiger partial charge in [-0.25, -0.2) is 0 Å². The van der Waals surface area contributed by atoms with E-state index >= 15 is 0 Å². The topological polar surface area (TPSA) is 58.4 Å². The summed E-state index contributed by atoms with van der Waals surface area (Å²) in [5.41, 5.74) is 5.28. The van der Waals surface area contributed by atoms with Gasteiger partial charge < -0.3 is 11.1 Å². The number of carbonyl (C=O) groups is 1. The van der Waals surface area contributed by atoms with Gasteiger partial charge >= 0.3 is 0 Å². The maximum atomic E-state index is 9.98. The molecule has 8 heavy (non-hydrogen) atoms. The Kier molecular flexibility index (Phi) is 1.07. The maximum absolute atomic E-state index is 9.98. The monoisotopic (exact) mass is 113 g/mol. The second-order valence-corrected chi connectivity index (χ2v) is 1.51. The van der Waals surface area contributed by atoms with Crippen LogP contribution in [0.4, 0.5) is 0 Å². The predicted molar refractivity (Wildman–Crippen MR) is 28.2 cm³/mol. The second kappa shape index (κ2) is 1.73. The van der Waals surface area contributed by atoms with Gasteiger partial charge in [-0.05, 0) is 0 Å². The zero-order chi connectivity index (χ0) is 5.98. The van der Waals surface area contributed by atoms with Crippen LogP contribution in [0.25, 0.3) is 0 Å². The summed E-state index contributed by atoms with van der Waals surface area (Å²) in [6.07, 6.45) is 2.28. The zero-order valence-electron chi connectivity index (χ0n) is 4.29. The van der Waals surface area contributed by atoms with Crippen molar-refractivity contribution in [3.63, 3.8) is 0 Å². The summed E-state index contributed by atoms with van der Waals surface area (Å²) in [4.78, 5) is 11.4. The molecule has 1 heterocycles. The average molecular weight is 113 g/mol. The van der Waals surface area contributed by atoms with Gasteiger partial charge in [0.25, 0.3) is 0 Å². The molecule has 1 amide bonds. The number of nitrogens with one attached hydrogen (secondary N) is 1. The third-order valence-corrected chi connectivity index (χ3v) is 0.970. The summed E-state index contributed by atoms with van der Waals surface area (Å²) in [5, 5.41) is 2.78. The largest absolute Gasteiger partial charge is 0.384 e. The highest BCUT2D eigenvalue weighted by Crippen LogP contribution is 1.95. The molecule has 4 heteroatoms. The van der Waals surface area contributed by atoms with E-state index in [1.54, 1.807) is 6.20 Å². The summed E-state index contributed by atoms with van der Waals surface area (Å²) in [6.45, 7) is 0.495. The van der Waals surface area contributed by atoms with Crippen LogP contribution in [-0.4, -0.2) is 18.0 Å². The van der Waals surface area contributed by atoms with Crippen molar-refractivity contribution < 1.29 is 4.79 Å². The quantitative estimate of drug-likeness (QED) is 0.418. The smallest absolute Gasteiger partial charge is 0.216 e. The fraction of sp³-hybridized carbons (Fsp3) is 0.250. The van der Waals surface area contributed by atoms with Crippen LogP contribution >= 0.6 is 0 Å². The van der Waals surface area contributed by atoms with Crippen molar-refractivity contribution in [1.82, 2.24) is 10.2 Å². The fourth-order valence-electron chi connectivity index (χ4n) is 0.521. The number of rotatable bonds is 1. The lowest BCUT2D eigenvalue weighted by Gasteiger charge is -2.06. The Morgan fingerprint density at radius 1 is 2.00 bits per heavy atom. The molecule has 0 spiro atoms. The van der Waals surface area contributed by atoms with E-state index < -0.39 is 0 Å². The lowest BCUT2D eigenvalue weighted by Crippen LogP contribution is -2.25. The van der Waals surface area contributed by atoms with E-state index in [9.17, 15) is 4.79 Å². The second-order valence-electron chi connectivity index (χ2n) is 1.51. The average Bonchev–Trinajstić information content (AvgIpc) is 2.14. The molecular formula is C4H7N3O. The van der Waals surface area contributed by atoms with Gasteiger partial charge in [-0.15, -0.1) is 0 Å². The van der Waals surface area contributed by atoms with Crippen molar-refractivity contribution >= 4 is 6.41 Å². The lowest BCUT2D eigenvalue weighted by atomic mass is 10.7. The number of nitrogens with two attached hydrogens (primary N) is 1. The van der Waals surface area contributed by atoms with Crippen LogP contribution < -0.4 is 11.1 Å². The Bertz CT molecular complexity index is 131. The van der Waals surface area contributed by atoms with Crippen molar-refractivity contribution in [3.8, 4) is 0 Å². The molecule has 0 fully saturated rings. The number of hydrogen-bond donors (Lipinski definition) is 2. The molecule has 0 bridgehead atoms. The van der Waals surface area contributed by atoms with Gasteiger partial charge in [0.2, 0.25) is 6.41 Å². The molecule has 44 valence electrons. The minimum absolute atomic E-state index is 0.472. The number of amides is 1. The minimum atomic E-state index is 0.472. The molecule has 0 aromatic heterocycles. The molecule has 0 atom stereocenters. The number of hydrogen-bond acceptors (Lipinski definition) is 3. The van der Waals surface area contributed by atoms with Crippen molar-refractivity contribution in [2.45, 2.75) is 0 Å². The third-order valence-electron chi connectivity index (χ3n) is 0.970. The van der Waals surface area contributed by atoms with E-state index in [1.165, 1.54) is 4.90 Å². The van der Waals surface area contributed by atoms with Crippen LogP contribution in [0.5, 0.6) is 0 Å². The van der Waals surface area contributed by atoms with Crippen LogP contribution in [0.2, 0.25) is 0 Å². The van der Waals surface area contributed by atoms with Crippen molar-refractivity contribution in [2.75, 3.05) is 6.67 Å². The zero-order valence-corrected chi connectivity index (χ0v) is 4.29. The van der Waals surface area contributed by atoms with Crippen molar-refractivity contribution in [3.05, 3.63) is 12.0 Å². The summed E-state index contributed by atoms with van der Waals surface area (Å²) in [6, 6.07) is 0. The Labute approximate surface area is 46.9 Å². The molecule has 3 N–H and O–H groups in total. The molecule has 1 aliphatic rings. The maximum Gasteiger partial charge on any atom is 0.216 e. The molecule has 0 saturated heterocycles. The van der Waals surface area contributed by atoms with E-state index in [0.29, 0.717) is 18.9 Å². The van der Waals surface area contributed by atoms with Gasteiger partial charge in [0, 0.05) is 6.20 Å². The summed E-state index contributed by atoms with van der Waals surface area (Å²) >= 11 is 0. The van der Waals surface area contributed by atoms with E-state index in [4.69, 9.17) is 5.73 Å². The Balaban J connectivity index is 2.58.